The van der Waals surface area contributed by atoms with Gasteiger partial charge in [-0.2, -0.15) is 0 Å². The quantitative estimate of drug-likeness (QED) is 0.619. The van der Waals surface area contributed by atoms with Crippen LogP contribution in [-0.2, 0) is 16.7 Å². The Kier molecular flexibility index (Phi) is 4.86. The van der Waals surface area contributed by atoms with E-state index in [1.165, 1.54) is 0 Å². The molecule has 2 aromatic carbocycles. The van der Waals surface area contributed by atoms with Crippen LogP contribution in [0.1, 0.15) is 66.2 Å². The maximum absolute atomic E-state index is 12.3. The van der Waals surface area contributed by atoms with Crippen molar-refractivity contribution in [1.29, 1.82) is 0 Å². The Balaban J connectivity index is 1.79. The van der Waals surface area contributed by atoms with Crippen LogP contribution in [0.3, 0.4) is 0 Å². The number of carbonyl (C=O) groups is 1. The van der Waals surface area contributed by atoms with Crippen molar-refractivity contribution in [3.8, 4) is 5.75 Å². The highest BCUT2D eigenvalue weighted by molar-refractivity contribution is 6.03. The van der Waals surface area contributed by atoms with Crippen LogP contribution >= 0.6 is 0 Å². The van der Waals surface area contributed by atoms with Crippen LogP contribution in [0.25, 0.3) is 0 Å². The van der Waals surface area contributed by atoms with Crippen molar-refractivity contribution >= 4 is 11.7 Å². The highest BCUT2D eigenvalue weighted by Crippen LogP contribution is 2.30. The lowest BCUT2D eigenvalue weighted by atomic mass is 9.87. The van der Waals surface area contributed by atoms with Crippen LogP contribution in [-0.4, -0.2) is 16.8 Å². The highest BCUT2D eigenvalue weighted by atomic mass is 16.7. The predicted octanol–water partition coefficient (Wildman–Crippen LogP) is 4.90. The zero-order chi connectivity index (χ0) is 18.9. The fraction of sp³-hybridized carbons (Fsp3) is 0.364. The van der Waals surface area contributed by atoms with E-state index in [9.17, 15) is 9.90 Å². The molecular formula is C22H25NO3. The zero-order valence-corrected chi connectivity index (χ0v) is 15.8. The smallest absolute Gasteiger partial charge is 0.365 e. The standard InChI is InChI=1S/C22H25NO3/c1-14-17-6-5-7-19(18(17)12-13-20(14)24)23-26-21(25)15-8-10-16(11-9-15)22(2,3)4/h8-13,24H,5-7H2,1-4H3/b23-19-. The van der Waals surface area contributed by atoms with Gasteiger partial charge in [0.05, 0.1) is 11.3 Å². The van der Waals surface area contributed by atoms with Gasteiger partial charge in [-0.05, 0) is 72.6 Å². The molecule has 0 spiro atoms. The second-order valence-corrected chi connectivity index (χ2v) is 7.83. The Labute approximate surface area is 154 Å². The lowest BCUT2D eigenvalue weighted by molar-refractivity contribution is 0.0515. The first-order chi connectivity index (χ1) is 12.3. The number of phenols is 1. The van der Waals surface area contributed by atoms with Crippen molar-refractivity contribution in [1.82, 2.24) is 0 Å². The summed E-state index contributed by atoms with van der Waals surface area (Å²) in [6, 6.07) is 11.0. The highest BCUT2D eigenvalue weighted by Gasteiger charge is 2.20. The monoisotopic (exact) mass is 351 g/mol. The van der Waals surface area contributed by atoms with Crippen molar-refractivity contribution in [2.45, 2.75) is 52.4 Å². The molecule has 0 aliphatic heterocycles. The molecule has 26 heavy (non-hydrogen) atoms. The molecule has 0 amide bonds. The summed E-state index contributed by atoms with van der Waals surface area (Å²) in [7, 11) is 0. The van der Waals surface area contributed by atoms with E-state index in [2.05, 4.69) is 25.9 Å². The van der Waals surface area contributed by atoms with E-state index < -0.39 is 5.97 Å². The van der Waals surface area contributed by atoms with E-state index >= 15 is 0 Å². The average Bonchev–Trinajstić information content (AvgIpc) is 2.62. The molecule has 3 rings (SSSR count). The van der Waals surface area contributed by atoms with Crippen molar-refractivity contribution in [2.24, 2.45) is 5.16 Å². The number of hydrogen-bond donors (Lipinski definition) is 1. The molecule has 1 N–H and O–H groups in total. The lowest BCUT2D eigenvalue weighted by Crippen LogP contribution is -2.15. The van der Waals surface area contributed by atoms with E-state index in [4.69, 9.17) is 4.84 Å². The number of phenolic OH excluding ortho intramolecular Hbond substituents is 1. The minimum Gasteiger partial charge on any atom is -0.508 e. The van der Waals surface area contributed by atoms with Crippen molar-refractivity contribution in [3.05, 3.63) is 64.2 Å². The number of carbonyl (C=O) groups excluding carboxylic acids is 1. The number of rotatable bonds is 2. The minimum absolute atomic E-state index is 0.0396. The van der Waals surface area contributed by atoms with Gasteiger partial charge in [0.25, 0.3) is 0 Å². The SMILES string of the molecule is Cc1c(O)ccc2c1CCC/C2=N/OC(=O)c1ccc(C(C)(C)C)cc1. The molecule has 0 bridgehead atoms. The molecule has 0 fully saturated rings. The summed E-state index contributed by atoms with van der Waals surface area (Å²) >= 11 is 0. The first-order valence-corrected chi connectivity index (χ1v) is 8.98. The van der Waals surface area contributed by atoms with E-state index in [1.807, 2.05) is 25.1 Å². The summed E-state index contributed by atoms with van der Waals surface area (Å²) in [5.74, 6) is -0.165. The molecule has 136 valence electrons. The topological polar surface area (TPSA) is 58.9 Å². The fourth-order valence-corrected chi connectivity index (χ4v) is 3.25. The molecule has 0 aromatic heterocycles. The number of aromatic hydroxyl groups is 1. The number of nitrogens with zero attached hydrogens (tertiary/aromatic N) is 1. The Morgan fingerprint density at radius 3 is 2.42 bits per heavy atom. The third-order valence-electron chi connectivity index (χ3n) is 4.95. The second kappa shape index (κ2) is 6.94. The number of benzene rings is 2. The number of oxime groups is 1. The van der Waals surface area contributed by atoms with Gasteiger partial charge >= 0.3 is 5.97 Å². The lowest BCUT2D eigenvalue weighted by Gasteiger charge is -2.20. The molecule has 2 aromatic rings. The molecule has 0 unspecified atom stereocenters. The summed E-state index contributed by atoms with van der Waals surface area (Å²) in [5, 5.41) is 14.0. The second-order valence-electron chi connectivity index (χ2n) is 7.83. The summed E-state index contributed by atoms with van der Waals surface area (Å²) in [6.45, 7) is 8.30. The van der Waals surface area contributed by atoms with Gasteiger partial charge in [0.1, 0.15) is 5.75 Å². The third kappa shape index (κ3) is 3.64. The van der Waals surface area contributed by atoms with Crippen LogP contribution in [0.15, 0.2) is 41.6 Å². The molecule has 0 heterocycles. The molecule has 0 saturated carbocycles. The molecule has 4 nitrogen and oxygen atoms in total. The van der Waals surface area contributed by atoms with Crippen LogP contribution in [0.2, 0.25) is 0 Å². The zero-order valence-electron chi connectivity index (χ0n) is 15.8. The van der Waals surface area contributed by atoms with Crippen LogP contribution in [0, 0.1) is 6.92 Å². The Morgan fingerprint density at radius 2 is 1.77 bits per heavy atom. The normalized spacial score (nSPS) is 15.6. The van der Waals surface area contributed by atoms with Crippen LogP contribution in [0.4, 0.5) is 0 Å². The summed E-state index contributed by atoms with van der Waals surface area (Å²) in [4.78, 5) is 17.5. The maximum Gasteiger partial charge on any atom is 0.365 e. The molecular weight excluding hydrogens is 326 g/mol. The molecule has 0 radical (unpaired) electrons. The van der Waals surface area contributed by atoms with Crippen molar-refractivity contribution in [3.63, 3.8) is 0 Å². The van der Waals surface area contributed by atoms with Gasteiger partial charge in [0.15, 0.2) is 0 Å². The van der Waals surface area contributed by atoms with Gasteiger partial charge in [-0.25, -0.2) is 4.79 Å². The van der Waals surface area contributed by atoms with E-state index in [-0.39, 0.29) is 5.41 Å². The van der Waals surface area contributed by atoms with Gasteiger partial charge in [-0.3, -0.25) is 0 Å². The van der Waals surface area contributed by atoms with Gasteiger partial charge in [0.2, 0.25) is 0 Å². The largest absolute Gasteiger partial charge is 0.508 e. The van der Waals surface area contributed by atoms with Gasteiger partial charge < -0.3 is 9.94 Å². The Morgan fingerprint density at radius 1 is 1.08 bits per heavy atom. The Bertz CT molecular complexity index is 858. The summed E-state index contributed by atoms with van der Waals surface area (Å²) in [6.07, 6.45) is 2.58. The van der Waals surface area contributed by atoms with E-state index in [1.54, 1.807) is 18.2 Å². The first kappa shape index (κ1) is 18.2. The molecule has 4 heteroatoms. The van der Waals surface area contributed by atoms with Gasteiger partial charge in [-0.1, -0.05) is 38.1 Å². The Hall–Kier alpha value is -2.62. The van der Waals surface area contributed by atoms with Gasteiger partial charge in [0, 0.05) is 5.56 Å². The molecule has 1 aliphatic rings. The van der Waals surface area contributed by atoms with Crippen molar-refractivity contribution in [2.75, 3.05) is 0 Å². The molecule has 0 atom stereocenters. The summed E-state index contributed by atoms with van der Waals surface area (Å²) < 4.78 is 0. The van der Waals surface area contributed by atoms with E-state index in [0.29, 0.717) is 11.3 Å². The minimum atomic E-state index is -0.458. The first-order valence-electron chi connectivity index (χ1n) is 8.98. The predicted molar refractivity (Wildman–Crippen MR) is 103 cm³/mol. The average molecular weight is 351 g/mol. The van der Waals surface area contributed by atoms with Gasteiger partial charge in [-0.15, -0.1) is 0 Å². The summed E-state index contributed by atoms with van der Waals surface area (Å²) in [5.41, 5.74) is 5.37. The van der Waals surface area contributed by atoms with Crippen molar-refractivity contribution < 1.29 is 14.7 Å². The molecule has 1 aliphatic carbocycles. The number of fused-ring (bicyclic) bond motifs is 1. The third-order valence-corrected chi connectivity index (χ3v) is 4.95. The van der Waals surface area contributed by atoms with E-state index in [0.717, 1.165) is 47.2 Å². The van der Waals surface area contributed by atoms with Crippen LogP contribution in [0.5, 0.6) is 5.75 Å². The molecule has 0 saturated heterocycles. The fourth-order valence-electron chi connectivity index (χ4n) is 3.25. The van der Waals surface area contributed by atoms with Crippen LogP contribution < -0.4 is 0 Å². The number of hydrogen-bond acceptors (Lipinski definition) is 4. The maximum atomic E-state index is 12.3.